The zero-order valence-electron chi connectivity index (χ0n) is 15.9. The molecule has 0 aromatic carbocycles. The van der Waals surface area contributed by atoms with Crippen LogP contribution in [0.15, 0.2) is 30.6 Å². The number of piperidine rings is 1. The van der Waals surface area contributed by atoms with Gasteiger partial charge >= 0.3 is 0 Å². The lowest BCUT2D eigenvalue weighted by atomic mass is 9.94. The van der Waals surface area contributed by atoms with Crippen LogP contribution in [0.2, 0.25) is 0 Å². The van der Waals surface area contributed by atoms with Crippen molar-refractivity contribution < 1.29 is 9.53 Å². The van der Waals surface area contributed by atoms with E-state index in [1.807, 2.05) is 28.7 Å². The first kappa shape index (κ1) is 18.1. The van der Waals surface area contributed by atoms with Crippen LogP contribution >= 0.6 is 0 Å². The fraction of sp³-hybridized carbons (Fsp3) is 0.550. The third-order valence-electron chi connectivity index (χ3n) is 5.47. The third kappa shape index (κ3) is 4.20. The van der Waals surface area contributed by atoms with Crippen molar-refractivity contribution in [3.05, 3.63) is 42.1 Å². The van der Waals surface area contributed by atoms with Crippen LogP contribution in [-0.4, -0.2) is 76.2 Å². The van der Waals surface area contributed by atoms with E-state index in [9.17, 15) is 4.79 Å². The van der Waals surface area contributed by atoms with Crippen molar-refractivity contribution in [3.8, 4) is 5.82 Å². The average Bonchev–Trinajstić information content (AvgIpc) is 3.15. The zero-order chi connectivity index (χ0) is 18.6. The molecule has 0 saturated carbocycles. The molecule has 0 bridgehead atoms. The maximum atomic E-state index is 12.6. The van der Waals surface area contributed by atoms with Gasteiger partial charge in [-0.25, -0.2) is 9.97 Å². The van der Waals surface area contributed by atoms with Gasteiger partial charge in [-0.05, 0) is 38.4 Å². The number of hydrogen-bond acceptors (Lipinski definition) is 5. The van der Waals surface area contributed by atoms with E-state index in [-0.39, 0.29) is 5.91 Å². The molecule has 0 unspecified atom stereocenters. The smallest absolute Gasteiger partial charge is 0.236 e. The second-order valence-electron chi connectivity index (χ2n) is 7.33. The van der Waals surface area contributed by atoms with Crippen molar-refractivity contribution in [2.24, 2.45) is 0 Å². The average molecular weight is 369 g/mol. The molecule has 0 aliphatic carbocycles. The molecule has 0 radical (unpaired) electrons. The van der Waals surface area contributed by atoms with Crippen molar-refractivity contribution in [1.29, 1.82) is 0 Å². The second-order valence-corrected chi connectivity index (χ2v) is 7.33. The van der Waals surface area contributed by atoms with Crippen LogP contribution in [0.4, 0.5) is 0 Å². The number of hydrogen-bond donors (Lipinski definition) is 0. The lowest BCUT2D eigenvalue weighted by Gasteiger charge is -2.34. The van der Waals surface area contributed by atoms with Crippen molar-refractivity contribution in [2.45, 2.75) is 25.7 Å². The number of likely N-dealkylation sites (tertiary alicyclic amines) is 1. The summed E-state index contributed by atoms with van der Waals surface area (Å²) in [5.41, 5.74) is 1.10. The topological polar surface area (TPSA) is 63.5 Å². The molecule has 27 heavy (non-hydrogen) atoms. The van der Waals surface area contributed by atoms with Gasteiger partial charge in [0.25, 0.3) is 0 Å². The summed E-state index contributed by atoms with van der Waals surface area (Å²) in [5.74, 6) is 2.42. The van der Waals surface area contributed by atoms with E-state index >= 15 is 0 Å². The molecule has 2 aromatic rings. The number of pyridine rings is 1. The van der Waals surface area contributed by atoms with E-state index < -0.39 is 0 Å². The fourth-order valence-electron chi connectivity index (χ4n) is 3.97. The molecular weight excluding hydrogens is 342 g/mol. The minimum atomic E-state index is 0.217. The third-order valence-corrected chi connectivity index (χ3v) is 5.47. The Bertz CT molecular complexity index is 784. The number of rotatable bonds is 4. The summed E-state index contributed by atoms with van der Waals surface area (Å²) in [7, 11) is 0. The first-order chi connectivity index (χ1) is 13.2. The van der Waals surface area contributed by atoms with E-state index in [1.54, 1.807) is 6.20 Å². The molecule has 2 aliphatic rings. The van der Waals surface area contributed by atoms with E-state index in [0.717, 1.165) is 43.3 Å². The van der Waals surface area contributed by atoms with Gasteiger partial charge in [0.1, 0.15) is 11.6 Å². The predicted molar refractivity (Wildman–Crippen MR) is 102 cm³/mol. The molecule has 2 aliphatic heterocycles. The number of nitrogens with zero attached hydrogens (tertiary/aromatic N) is 5. The van der Waals surface area contributed by atoms with E-state index in [0.29, 0.717) is 38.8 Å². The molecule has 4 heterocycles. The predicted octanol–water partition coefficient (Wildman–Crippen LogP) is 1.61. The van der Waals surface area contributed by atoms with Gasteiger partial charge in [0, 0.05) is 43.6 Å². The molecule has 2 aromatic heterocycles. The van der Waals surface area contributed by atoms with E-state index in [2.05, 4.69) is 22.0 Å². The Balaban J connectivity index is 1.42. The molecule has 1 atom stereocenters. The molecule has 7 nitrogen and oxygen atoms in total. The normalized spacial score (nSPS) is 21.4. The van der Waals surface area contributed by atoms with Gasteiger partial charge < -0.3 is 9.64 Å². The van der Waals surface area contributed by atoms with Gasteiger partial charge in [-0.3, -0.25) is 14.3 Å². The minimum Gasteiger partial charge on any atom is -0.378 e. The van der Waals surface area contributed by atoms with Crippen LogP contribution in [0.25, 0.3) is 5.82 Å². The fourth-order valence-corrected chi connectivity index (χ4v) is 3.97. The summed E-state index contributed by atoms with van der Waals surface area (Å²) in [6, 6.07) is 6.18. The second kappa shape index (κ2) is 8.19. The van der Waals surface area contributed by atoms with E-state index in [1.165, 1.54) is 0 Å². The largest absolute Gasteiger partial charge is 0.378 e. The standard InChI is InChI=1S/C20H27N5O2/c1-16-21-7-9-25(16)19-6-2-5-18(22-19)17-4-3-8-23(14-17)15-20(26)24-10-12-27-13-11-24/h2,5-7,9,17H,3-4,8,10-15H2,1H3/t17-/m0/s1. The van der Waals surface area contributed by atoms with Gasteiger partial charge in [-0.15, -0.1) is 0 Å². The number of amides is 1. The van der Waals surface area contributed by atoms with Crippen LogP contribution < -0.4 is 0 Å². The molecule has 0 N–H and O–H groups in total. The lowest BCUT2D eigenvalue weighted by Crippen LogP contribution is -2.47. The minimum absolute atomic E-state index is 0.217. The van der Waals surface area contributed by atoms with Gasteiger partial charge in [0.05, 0.1) is 19.8 Å². The highest BCUT2D eigenvalue weighted by molar-refractivity contribution is 5.78. The van der Waals surface area contributed by atoms with Crippen LogP contribution in [0.5, 0.6) is 0 Å². The van der Waals surface area contributed by atoms with Crippen LogP contribution in [-0.2, 0) is 9.53 Å². The summed E-state index contributed by atoms with van der Waals surface area (Å²) in [4.78, 5) is 25.9. The molecular formula is C20H27N5O2. The number of carbonyl (C=O) groups is 1. The number of imidazole rings is 1. The number of ether oxygens (including phenoxy) is 1. The van der Waals surface area contributed by atoms with E-state index in [4.69, 9.17) is 9.72 Å². The Labute approximate surface area is 160 Å². The SMILES string of the molecule is Cc1nccn1-c1cccc([C@H]2CCCN(CC(=O)N3CCOCC3)C2)n1. The number of morpholine rings is 1. The highest BCUT2D eigenvalue weighted by atomic mass is 16.5. The molecule has 0 spiro atoms. The van der Waals surface area contributed by atoms with Crippen molar-refractivity contribution in [1.82, 2.24) is 24.3 Å². The zero-order valence-corrected chi connectivity index (χ0v) is 15.9. The Morgan fingerprint density at radius 1 is 1.26 bits per heavy atom. The van der Waals surface area contributed by atoms with Crippen LogP contribution in [0.1, 0.15) is 30.3 Å². The maximum Gasteiger partial charge on any atom is 0.236 e. The Hall–Kier alpha value is -2.25. The number of carbonyl (C=O) groups excluding carboxylic acids is 1. The summed E-state index contributed by atoms with van der Waals surface area (Å²) in [5, 5.41) is 0. The quantitative estimate of drug-likeness (QED) is 0.819. The Morgan fingerprint density at radius 2 is 2.11 bits per heavy atom. The summed E-state index contributed by atoms with van der Waals surface area (Å²) >= 11 is 0. The Morgan fingerprint density at radius 3 is 2.89 bits per heavy atom. The molecule has 4 rings (SSSR count). The monoisotopic (exact) mass is 369 g/mol. The van der Waals surface area contributed by atoms with Crippen molar-refractivity contribution >= 4 is 5.91 Å². The van der Waals surface area contributed by atoms with Gasteiger partial charge in [-0.2, -0.15) is 0 Å². The van der Waals surface area contributed by atoms with Gasteiger partial charge in [0.2, 0.25) is 5.91 Å². The summed E-state index contributed by atoms with van der Waals surface area (Å²) in [6.45, 7) is 7.07. The van der Waals surface area contributed by atoms with Gasteiger partial charge in [-0.1, -0.05) is 6.07 Å². The number of aryl methyl sites for hydroxylation is 1. The van der Waals surface area contributed by atoms with Gasteiger partial charge in [0.15, 0.2) is 0 Å². The summed E-state index contributed by atoms with van der Waals surface area (Å²) < 4.78 is 7.35. The molecule has 2 saturated heterocycles. The first-order valence-electron chi connectivity index (χ1n) is 9.76. The highest BCUT2D eigenvalue weighted by Gasteiger charge is 2.26. The lowest BCUT2D eigenvalue weighted by molar-refractivity contribution is -0.136. The molecule has 144 valence electrons. The Kier molecular flexibility index (Phi) is 5.50. The molecule has 1 amide bonds. The van der Waals surface area contributed by atoms with Crippen molar-refractivity contribution in [2.75, 3.05) is 45.9 Å². The van der Waals surface area contributed by atoms with Crippen molar-refractivity contribution in [3.63, 3.8) is 0 Å². The number of aromatic nitrogens is 3. The molecule has 7 heteroatoms. The first-order valence-corrected chi connectivity index (χ1v) is 9.76. The molecule has 2 fully saturated rings. The summed E-state index contributed by atoms with van der Waals surface area (Å²) in [6.07, 6.45) is 5.94. The van der Waals surface area contributed by atoms with Crippen LogP contribution in [0.3, 0.4) is 0 Å². The highest BCUT2D eigenvalue weighted by Crippen LogP contribution is 2.26. The van der Waals surface area contributed by atoms with Crippen LogP contribution in [0, 0.1) is 6.92 Å². The maximum absolute atomic E-state index is 12.6.